The first kappa shape index (κ1) is 12.1. The van der Waals surface area contributed by atoms with Crippen molar-refractivity contribution in [2.75, 3.05) is 6.54 Å². The van der Waals surface area contributed by atoms with Crippen LogP contribution in [0, 0.1) is 0 Å². The van der Waals surface area contributed by atoms with E-state index in [1.54, 1.807) is 6.08 Å². The first-order valence-corrected chi connectivity index (χ1v) is 5.86. The molecule has 2 heteroatoms. The summed E-state index contributed by atoms with van der Waals surface area (Å²) in [6.45, 7) is 4.06. The van der Waals surface area contributed by atoms with Crippen molar-refractivity contribution < 1.29 is 4.79 Å². The van der Waals surface area contributed by atoms with Gasteiger partial charge in [-0.25, -0.2) is 0 Å². The largest absolute Gasteiger partial charge is 0.349 e. The minimum atomic E-state index is -0.0762. The third kappa shape index (κ3) is 2.86. The number of carbonyl (C=O) groups excluding carboxylic acids is 1. The van der Waals surface area contributed by atoms with Gasteiger partial charge in [-0.3, -0.25) is 4.79 Å². The second-order valence-electron chi connectivity index (χ2n) is 3.95. The Hall–Kier alpha value is -2.35. The zero-order chi connectivity index (χ0) is 12.8. The maximum atomic E-state index is 11.8. The smallest absolute Gasteiger partial charge is 0.251 e. The summed E-state index contributed by atoms with van der Waals surface area (Å²) in [4.78, 5) is 11.8. The lowest BCUT2D eigenvalue weighted by molar-refractivity contribution is 0.0958. The van der Waals surface area contributed by atoms with Crippen molar-refractivity contribution in [3.63, 3.8) is 0 Å². The normalized spacial score (nSPS) is 9.78. The Morgan fingerprint density at radius 1 is 1.06 bits per heavy atom. The molecule has 2 nitrogen and oxygen atoms in total. The molecule has 0 aliphatic carbocycles. The maximum absolute atomic E-state index is 11.8. The summed E-state index contributed by atoms with van der Waals surface area (Å²) in [5.74, 6) is -0.0762. The molecule has 0 saturated carbocycles. The highest BCUT2D eigenvalue weighted by atomic mass is 16.1. The maximum Gasteiger partial charge on any atom is 0.251 e. The van der Waals surface area contributed by atoms with E-state index >= 15 is 0 Å². The van der Waals surface area contributed by atoms with E-state index in [4.69, 9.17) is 0 Å². The van der Waals surface area contributed by atoms with E-state index < -0.39 is 0 Å². The second kappa shape index (κ2) is 5.82. The second-order valence-corrected chi connectivity index (χ2v) is 3.95. The minimum Gasteiger partial charge on any atom is -0.349 e. The number of hydrogen-bond acceptors (Lipinski definition) is 1. The Morgan fingerprint density at radius 2 is 1.78 bits per heavy atom. The highest BCUT2D eigenvalue weighted by Crippen LogP contribution is 2.19. The third-order valence-electron chi connectivity index (χ3n) is 2.64. The average molecular weight is 237 g/mol. The van der Waals surface area contributed by atoms with Crippen molar-refractivity contribution in [3.05, 3.63) is 72.8 Å². The van der Waals surface area contributed by atoms with Crippen LogP contribution < -0.4 is 5.32 Å². The van der Waals surface area contributed by atoms with Gasteiger partial charge in [-0.2, -0.15) is 0 Å². The predicted molar refractivity (Wildman–Crippen MR) is 74.4 cm³/mol. The number of amides is 1. The topological polar surface area (TPSA) is 29.1 Å². The lowest BCUT2D eigenvalue weighted by Crippen LogP contribution is -2.23. The molecular weight excluding hydrogens is 222 g/mol. The van der Waals surface area contributed by atoms with Crippen LogP contribution in [-0.4, -0.2) is 12.5 Å². The summed E-state index contributed by atoms with van der Waals surface area (Å²) in [5.41, 5.74) is 2.82. The van der Waals surface area contributed by atoms with E-state index in [9.17, 15) is 4.79 Å². The molecule has 1 N–H and O–H groups in total. The van der Waals surface area contributed by atoms with E-state index in [1.807, 2.05) is 54.6 Å². The minimum absolute atomic E-state index is 0.0762. The van der Waals surface area contributed by atoms with Gasteiger partial charge in [-0.1, -0.05) is 48.5 Å². The van der Waals surface area contributed by atoms with Gasteiger partial charge in [-0.15, -0.1) is 6.58 Å². The molecule has 0 unspecified atom stereocenters. The van der Waals surface area contributed by atoms with Gasteiger partial charge in [-0.05, 0) is 23.3 Å². The van der Waals surface area contributed by atoms with Gasteiger partial charge in [0.2, 0.25) is 0 Å². The molecule has 1 amide bonds. The van der Waals surface area contributed by atoms with Gasteiger partial charge in [0.05, 0.1) is 0 Å². The Balaban J connectivity index is 2.25. The molecule has 2 aromatic rings. The number of carbonyl (C=O) groups is 1. The fourth-order valence-corrected chi connectivity index (χ4v) is 1.74. The van der Waals surface area contributed by atoms with Gasteiger partial charge in [0.25, 0.3) is 5.91 Å². The van der Waals surface area contributed by atoms with Crippen LogP contribution in [0.2, 0.25) is 0 Å². The van der Waals surface area contributed by atoms with Crippen molar-refractivity contribution in [1.29, 1.82) is 0 Å². The lowest BCUT2D eigenvalue weighted by Gasteiger charge is -2.05. The summed E-state index contributed by atoms with van der Waals surface area (Å²) < 4.78 is 0. The van der Waals surface area contributed by atoms with Gasteiger partial charge < -0.3 is 5.32 Å². The monoisotopic (exact) mass is 237 g/mol. The van der Waals surface area contributed by atoms with Crippen LogP contribution in [0.4, 0.5) is 0 Å². The number of benzene rings is 2. The SMILES string of the molecule is C=CCNC(=O)c1cccc(-c2ccccc2)c1. The van der Waals surface area contributed by atoms with Crippen molar-refractivity contribution in [2.24, 2.45) is 0 Å². The summed E-state index contributed by atoms with van der Waals surface area (Å²) >= 11 is 0. The van der Waals surface area contributed by atoms with Crippen molar-refractivity contribution in [2.45, 2.75) is 0 Å². The fraction of sp³-hybridized carbons (Fsp3) is 0.0625. The van der Waals surface area contributed by atoms with Gasteiger partial charge in [0.1, 0.15) is 0 Å². The van der Waals surface area contributed by atoms with E-state index in [0.29, 0.717) is 12.1 Å². The van der Waals surface area contributed by atoms with Crippen LogP contribution >= 0.6 is 0 Å². The molecule has 0 atom stereocenters. The number of hydrogen-bond donors (Lipinski definition) is 1. The quantitative estimate of drug-likeness (QED) is 0.812. The molecule has 2 aromatic carbocycles. The average Bonchev–Trinajstić information content (AvgIpc) is 2.46. The molecular formula is C16H15NO. The number of nitrogens with one attached hydrogen (secondary N) is 1. The molecule has 0 aliphatic rings. The fourth-order valence-electron chi connectivity index (χ4n) is 1.74. The molecule has 0 aliphatic heterocycles. The van der Waals surface area contributed by atoms with E-state index in [-0.39, 0.29) is 5.91 Å². The summed E-state index contributed by atoms with van der Waals surface area (Å²) in [6.07, 6.45) is 1.67. The Kier molecular flexibility index (Phi) is 3.92. The Labute approximate surface area is 107 Å². The zero-order valence-corrected chi connectivity index (χ0v) is 10.1. The van der Waals surface area contributed by atoms with E-state index in [1.165, 1.54) is 0 Å². The molecule has 18 heavy (non-hydrogen) atoms. The van der Waals surface area contributed by atoms with Crippen LogP contribution in [0.1, 0.15) is 10.4 Å². The molecule has 0 saturated heterocycles. The molecule has 0 aromatic heterocycles. The molecule has 90 valence electrons. The van der Waals surface area contributed by atoms with Crippen LogP contribution in [0.25, 0.3) is 11.1 Å². The molecule has 0 radical (unpaired) electrons. The van der Waals surface area contributed by atoms with Crippen LogP contribution in [0.3, 0.4) is 0 Å². The first-order chi connectivity index (χ1) is 8.81. The standard InChI is InChI=1S/C16H15NO/c1-2-11-17-16(18)15-10-6-9-14(12-15)13-7-4-3-5-8-13/h2-10,12H,1,11H2,(H,17,18). The molecule has 0 heterocycles. The number of rotatable bonds is 4. The van der Waals surface area contributed by atoms with Crippen molar-refractivity contribution in [3.8, 4) is 11.1 Å². The molecule has 0 bridgehead atoms. The Bertz CT molecular complexity index is 546. The van der Waals surface area contributed by atoms with Crippen LogP contribution in [0.15, 0.2) is 67.3 Å². The van der Waals surface area contributed by atoms with Crippen LogP contribution in [0.5, 0.6) is 0 Å². The highest BCUT2D eigenvalue weighted by Gasteiger charge is 2.05. The summed E-state index contributed by atoms with van der Waals surface area (Å²) in [6, 6.07) is 17.6. The van der Waals surface area contributed by atoms with Crippen LogP contribution in [-0.2, 0) is 0 Å². The first-order valence-electron chi connectivity index (χ1n) is 5.86. The van der Waals surface area contributed by atoms with Crippen molar-refractivity contribution >= 4 is 5.91 Å². The van der Waals surface area contributed by atoms with E-state index in [2.05, 4.69) is 11.9 Å². The third-order valence-corrected chi connectivity index (χ3v) is 2.64. The predicted octanol–water partition coefficient (Wildman–Crippen LogP) is 3.27. The zero-order valence-electron chi connectivity index (χ0n) is 10.1. The summed E-state index contributed by atoms with van der Waals surface area (Å²) in [5, 5.41) is 2.77. The molecule has 0 spiro atoms. The highest BCUT2D eigenvalue weighted by molar-refractivity contribution is 5.95. The molecule has 0 fully saturated rings. The lowest BCUT2D eigenvalue weighted by atomic mass is 10.0. The Morgan fingerprint density at radius 3 is 2.50 bits per heavy atom. The summed E-state index contributed by atoms with van der Waals surface area (Å²) in [7, 11) is 0. The van der Waals surface area contributed by atoms with Gasteiger partial charge in [0.15, 0.2) is 0 Å². The van der Waals surface area contributed by atoms with Crippen molar-refractivity contribution in [1.82, 2.24) is 5.32 Å². The van der Waals surface area contributed by atoms with Gasteiger partial charge in [0, 0.05) is 12.1 Å². The van der Waals surface area contributed by atoms with Gasteiger partial charge >= 0.3 is 0 Å². The van der Waals surface area contributed by atoms with E-state index in [0.717, 1.165) is 11.1 Å². The molecule has 2 rings (SSSR count).